The second-order valence-electron chi connectivity index (χ2n) is 6.04. The molecule has 0 aliphatic heterocycles. The van der Waals surface area contributed by atoms with Crippen LogP contribution in [0.25, 0.3) is 6.08 Å². The molecule has 0 bridgehead atoms. The van der Waals surface area contributed by atoms with E-state index in [1.54, 1.807) is 18.2 Å². The van der Waals surface area contributed by atoms with Gasteiger partial charge in [0, 0.05) is 12.1 Å². The zero-order valence-electron chi connectivity index (χ0n) is 16.7. The summed E-state index contributed by atoms with van der Waals surface area (Å²) >= 11 is 0. The van der Waals surface area contributed by atoms with Gasteiger partial charge in [0.2, 0.25) is 0 Å². The van der Waals surface area contributed by atoms with Crippen molar-refractivity contribution in [2.75, 3.05) is 20.8 Å². The molecule has 8 nitrogen and oxygen atoms in total. The summed E-state index contributed by atoms with van der Waals surface area (Å²) in [5.41, 5.74) is -1.01. The first-order valence-electron chi connectivity index (χ1n) is 8.89. The molecule has 1 aromatic carbocycles. The Bertz CT molecular complexity index is 1020. The number of ketones is 1. The summed E-state index contributed by atoms with van der Waals surface area (Å²) in [6.07, 6.45) is 3.29. The topological polar surface area (TPSA) is 119 Å². The molecule has 2 rings (SSSR count). The quantitative estimate of drug-likeness (QED) is 0.396. The first-order chi connectivity index (χ1) is 13.8. The SMILES string of the molecule is CCCN=C(C)c1c(O)c(C(=O)C=Cc2cccc(OC)c2OC)c(O)oc1=O. The molecule has 0 unspecified atom stereocenters. The number of methoxy groups -OCH3 is 2. The smallest absolute Gasteiger partial charge is 0.351 e. The van der Waals surface area contributed by atoms with E-state index in [4.69, 9.17) is 13.9 Å². The molecular weight excluding hydrogens is 378 g/mol. The fourth-order valence-electron chi connectivity index (χ4n) is 2.70. The lowest BCUT2D eigenvalue weighted by Gasteiger charge is -2.10. The van der Waals surface area contributed by atoms with Gasteiger partial charge in [0.1, 0.15) is 16.9 Å². The van der Waals surface area contributed by atoms with Gasteiger partial charge in [-0.15, -0.1) is 0 Å². The van der Waals surface area contributed by atoms with E-state index in [9.17, 15) is 19.8 Å². The normalized spacial score (nSPS) is 11.7. The number of para-hydroxylation sites is 1. The summed E-state index contributed by atoms with van der Waals surface area (Å²) in [6.45, 7) is 3.86. The van der Waals surface area contributed by atoms with Gasteiger partial charge in [0.05, 0.1) is 19.9 Å². The van der Waals surface area contributed by atoms with Gasteiger partial charge in [-0.25, -0.2) is 4.79 Å². The molecule has 0 radical (unpaired) electrons. The Hall–Kier alpha value is -3.55. The van der Waals surface area contributed by atoms with Crippen molar-refractivity contribution in [3.05, 3.63) is 51.4 Å². The van der Waals surface area contributed by atoms with Crippen molar-refractivity contribution in [3.8, 4) is 23.2 Å². The Kier molecular flexibility index (Phi) is 7.19. The Labute approximate surface area is 167 Å². The van der Waals surface area contributed by atoms with E-state index in [2.05, 4.69) is 4.99 Å². The van der Waals surface area contributed by atoms with E-state index < -0.39 is 28.7 Å². The van der Waals surface area contributed by atoms with Gasteiger partial charge < -0.3 is 24.1 Å². The van der Waals surface area contributed by atoms with Gasteiger partial charge in [0.25, 0.3) is 5.95 Å². The minimum absolute atomic E-state index is 0.214. The molecule has 0 atom stereocenters. The van der Waals surface area contributed by atoms with E-state index in [0.29, 0.717) is 23.6 Å². The number of nitrogens with zero attached hydrogens (tertiary/aromatic N) is 1. The van der Waals surface area contributed by atoms with Crippen molar-refractivity contribution in [3.63, 3.8) is 0 Å². The Morgan fingerprint density at radius 3 is 2.55 bits per heavy atom. The molecule has 29 heavy (non-hydrogen) atoms. The molecule has 0 fully saturated rings. The number of hydrogen-bond donors (Lipinski definition) is 2. The minimum atomic E-state index is -0.979. The fraction of sp³-hybridized carbons (Fsp3) is 0.286. The second-order valence-corrected chi connectivity index (χ2v) is 6.04. The molecule has 0 spiro atoms. The largest absolute Gasteiger partial charge is 0.506 e. The summed E-state index contributed by atoms with van der Waals surface area (Å²) in [5, 5.41) is 20.4. The van der Waals surface area contributed by atoms with Crippen LogP contribution in [0, 0.1) is 0 Å². The number of carbonyl (C=O) groups excluding carboxylic acids is 1. The maximum Gasteiger partial charge on any atom is 0.351 e. The van der Waals surface area contributed by atoms with E-state index in [0.717, 1.165) is 12.5 Å². The van der Waals surface area contributed by atoms with Crippen molar-refractivity contribution in [1.82, 2.24) is 0 Å². The van der Waals surface area contributed by atoms with Crippen LogP contribution < -0.4 is 15.1 Å². The number of hydrogen-bond acceptors (Lipinski definition) is 8. The first kappa shape index (κ1) is 21.7. The summed E-state index contributed by atoms with van der Waals surface area (Å²) in [5.74, 6) is -1.52. The molecule has 0 saturated carbocycles. The third kappa shape index (κ3) is 4.66. The maximum absolute atomic E-state index is 12.6. The number of ether oxygens (including phenoxy) is 2. The van der Waals surface area contributed by atoms with Gasteiger partial charge in [0.15, 0.2) is 17.3 Å². The molecule has 0 aliphatic rings. The molecule has 8 heteroatoms. The third-order valence-electron chi connectivity index (χ3n) is 4.11. The van der Waals surface area contributed by atoms with Crippen molar-refractivity contribution in [2.24, 2.45) is 4.99 Å². The second kappa shape index (κ2) is 9.59. The standard InChI is InChI=1S/C21H23NO7/c1-5-11-22-12(2)16-18(24)17(21(26)29-20(16)25)14(23)10-9-13-7-6-8-15(27-3)19(13)28-4/h6-10,24,26H,5,11H2,1-4H3. The molecular formula is C21H23NO7. The lowest BCUT2D eigenvalue weighted by Crippen LogP contribution is -2.15. The molecule has 0 aliphatic carbocycles. The molecule has 154 valence electrons. The van der Waals surface area contributed by atoms with E-state index in [-0.39, 0.29) is 11.3 Å². The number of benzene rings is 1. The molecule has 0 saturated heterocycles. The van der Waals surface area contributed by atoms with Crippen molar-refractivity contribution in [2.45, 2.75) is 20.3 Å². The van der Waals surface area contributed by atoms with Gasteiger partial charge in [-0.3, -0.25) is 9.79 Å². The average molecular weight is 401 g/mol. The van der Waals surface area contributed by atoms with Crippen molar-refractivity contribution in [1.29, 1.82) is 0 Å². The van der Waals surface area contributed by atoms with E-state index in [1.165, 1.54) is 27.2 Å². The van der Waals surface area contributed by atoms with Gasteiger partial charge >= 0.3 is 5.63 Å². The van der Waals surface area contributed by atoms with Crippen LogP contribution >= 0.6 is 0 Å². The molecule has 2 N–H and O–H groups in total. The van der Waals surface area contributed by atoms with Gasteiger partial charge in [-0.2, -0.15) is 0 Å². The first-order valence-corrected chi connectivity index (χ1v) is 8.89. The molecule has 2 aromatic rings. The number of aliphatic imine (C=N–C) groups is 1. The van der Waals surface area contributed by atoms with Crippen LogP contribution in [0.2, 0.25) is 0 Å². The highest BCUT2D eigenvalue weighted by atomic mass is 16.5. The number of aromatic hydroxyl groups is 2. The van der Waals surface area contributed by atoms with Gasteiger partial charge in [-0.05, 0) is 31.6 Å². The summed E-state index contributed by atoms with van der Waals surface area (Å²) in [6, 6.07) is 5.11. The Balaban J connectivity index is 2.49. The monoisotopic (exact) mass is 401 g/mol. The fourth-order valence-corrected chi connectivity index (χ4v) is 2.70. The third-order valence-corrected chi connectivity index (χ3v) is 4.11. The molecule has 1 aromatic heterocycles. The zero-order valence-corrected chi connectivity index (χ0v) is 16.7. The Morgan fingerprint density at radius 2 is 1.93 bits per heavy atom. The van der Waals surface area contributed by atoms with Crippen LogP contribution in [0.3, 0.4) is 0 Å². The highest BCUT2D eigenvalue weighted by molar-refractivity contribution is 6.12. The van der Waals surface area contributed by atoms with Crippen LogP contribution in [0.15, 0.2) is 38.5 Å². The van der Waals surface area contributed by atoms with Crippen LogP contribution in [0.5, 0.6) is 23.2 Å². The number of carbonyl (C=O) groups is 1. The van der Waals surface area contributed by atoms with E-state index in [1.807, 2.05) is 6.92 Å². The van der Waals surface area contributed by atoms with Crippen LogP contribution in [0.1, 0.15) is 41.8 Å². The lowest BCUT2D eigenvalue weighted by atomic mass is 10.0. The van der Waals surface area contributed by atoms with Crippen molar-refractivity contribution >= 4 is 17.6 Å². The zero-order chi connectivity index (χ0) is 21.6. The van der Waals surface area contributed by atoms with Crippen LogP contribution in [0.4, 0.5) is 0 Å². The minimum Gasteiger partial charge on any atom is -0.506 e. The molecule has 1 heterocycles. The number of allylic oxidation sites excluding steroid dienone is 1. The number of rotatable bonds is 8. The average Bonchev–Trinajstić information content (AvgIpc) is 2.69. The Morgan fingerprint density at radius 1 is 1.21 bits per heavy atom. The van der Waals surface area contributed by atoms with Crippen molar-refractivity contribution < 1.29 is 28.9 Å². The predicted molar refractivity (Wildman–Crippen MR) is 109 cm³/mol. The van der Waals surface area contributed by atoms with Crippen LogP contribution in [-0.4, -0.2) is 42.5 Å². The summed E-state index contributed by atoms with van der Waals surface area (Å²) in [7, 11) is 2.95. The summed E-state index contributed by atoms with van der Waals surface area (Å²) < 4.78 is 15.2. The van der Waals surface area contributed by atoms with E-state index >= 15 is 0 Å². The highest BCUT2D eigenvalue weighted by Gasteiger charge is 2.25. The summed E-state index contributed by atoms with van der Waals surface area (Å²) in [4.78, 5) is 28.8. The highest BCUT2D eigenvalue weighted by Crippen LogP contribution is 2.33. The maximum atomic E-state index is 12.6. The molecule has 0 amide bonds. The van der Waals surface area contributed by atoms with Crippen LogP contribution in [-0.2, 0) is 0 Å². The van der Waals surface area contributed by atoms with Gasteiger partial charge in [-0.1, -0.05) is 19.1 Å². The lowest BCUT2D eigenvalue weighted by molar-refractivity contribution is 0.103. The predicted octanol–water partition coefficient (Wildman–Crippen LogP) is 3.18.